The molecule has 1 aliphatic carbocycles. The molecule has 6 atom stereocenters. The van der Waals surface area contributed by atoms with Crippen molar-refractivity contribution < 1.29 is 61.9 Å². The number of carbonyl (C=O) groups excluding carboxylic acids is 6. The Morgan fingerprint density at radius 2 is 1.28 bits per heavy atom. The highest BCUT2D eigenvalue weighted by Gasteiger charge is 2.52. The zero-order valence-corrected chi connectivity index (χ0v) is 31.7. The predicted octanol–water partition coefficient (Wildman–Crippen LogP) is 4.83. The van der Waals surface area contributed by atoms with Crippen LogP contribution in [0.4, 0.5) is 4.79 Å². The van der Waals surface area contributed by atoms with Crippen LogP contribution in [0.15, 0.2) is 48.5 Å². The third kappa shape index (κ3) is 11.7. The van der Waals surface area contributed by atoms with E-state index in [1.54, 1.807) is 20.8 Å². The Labute approximate surface area is 312 Å². The van der Waals surface area contributed by atoms with E-state index < -0.39 is 77.4 Å². The van der Waals surface area contributed by atoms with Gasteiger partial charge < -0.3 is 38.5 Å². The second kappa shape index (κ2) is 18.4. The van der Waals surface area contributed by atoms with E-state index in [0.717, 1.165) is 36.1 Å². The van der Waals surface area contributed by atoms with Crippen molar-refractivity contribution in [2.75, 3.05) is 19.0 Å². The number of nitrogens with one attached hydrogen (secondary N) is 1. The van der Waals surface area contributed by atoms with Gasteiger partial charge in [0.05, 0.1) is 0 Å². The van der Waals surface area contributed by atoms with Gasteiger partial charge in [0.15, 0.2) is 18.3 Å². The Hall–Kier alpha value is -4.63. The van der Waals surface area contributed by atoms with Crippen LogP contribution in [-0.4, -0.2) is 96.4 Å². The molecule has 14 nitrogen and oxygen atoms in total. The molecule has 1 amide bonds. The second-order valence-corrected chi connectivity index (χ2v) is 14.8. The molecular formula is C38H47NO13S. The molecule has 0 saturated carbocycles. The van der Waals surface area contributed by atoms with Crippen LogP contribution in [0.2, 0.25) is 0 Å². The molecule has 2 aromatic carbocycles. The monoisotopic (exact) mass is 757 g/mol. The van der Waals surface area contributed by atoms with Crippen molar-refractivity contribution in [2.24, 2.45) is 0 Å². The number of thioether (sulfide) groups is 1. The minimum absolute atomic E-state index is 0.0552. The lowest BCUT2D eigenvalue weighted by Crippen LogP contribution is -2.61. The number of hydrogen-bond acceptors (Lipinski definition) is 14. The number of carbonyl (C=O) groups is 6. The fourth-order valence-corrected chi connectivity index (χ4v) is 7.40. The molecule has 0 bridgehead atoms. The maximum Gasteiger partial charge on any atom is 0.407 e. The first kappa shape index (κ1) is 41.1. The largest absolute Gasteiger partial charge is 0.463 e. The third-order valence-electron chi connectivity index (χ3n) is 8.19. The first-order chi connectivity index (χ1) is 25.0. The molecule has 53 heavy (non-hydrogen) atoms. The van der Waals surface area contributed by atoms with Crippen LogP contribution in [0, 0.1) is 0 Å². The van der Waals surface area contributed by atoms with Gasteiger partial charge in [-0.15, -0.1) is 11.8 Å². The molecule has 0 unspecified atom stereocenters. The lowest BCUT2D eigenvalue weighted by atomic mass is 9.98. The van der Waals surface area contributed by atoms with Gasteiger partial charge in [-0.05, 0) is 61.6 Å². The molecule has 1 aliphatic heterocycles. The van der Waals surface area contributed by atoms with Crippen molar-refractivity contribution in [3.8, 4) is 11.1 Å². The average Bonchev–Trinajstić information content (AvgIpc) is 3.38. The van der Waals surface area contributed by atoms with Crippen molar-refractivity contribution in [1.82, 2.24) is 5.32 Å². The first-order valence-corrected chi connectivity index (χ1v) is 18.4. The van der Waals surface area contributed by atoms with E-state index in [1.807, 2.05) is 48.5 Å². The van der Waals surface area contributed by atoms with E-state index in [0.29, 0.717) is 12.2 Å². The van der Waals surface area contributed by atoms with Gasteiger partial charge in [0.1, 0.15) is 36.4 Å². The minimum atomic E-state index is -1.29. The van der Waals surface area contributed by atoms with Crippen LogP contribution in [-0.2, 0) is 57.1 Å². The summed E-state index contributed by atoms with van der Waals surface area (Å²) in [5.41, 5.74) is 2.44. The molecule has 1 saturated heterocycles. The molecule has 0 radical (unpaired) electrons. The summed E-state index contributed by atoms with van der Waals surface area (Å²) >= 11 is 1.17. The molecule has 1 N–H and O–H groups in total. The molecule has 288 valence electrons. The topological polar surface area (TPSA) is 179 Å². The minimum Gasteiger partial charge on any atom is -0.463 e. The van der Waals surface area contributed by atoms with E-state index in [9.17, 15) is 28.8 Å². The lowest BCUT2D eigenvalue weighted by molar-refractivity contribution is -0.237. The maximum atomic E-state index is 13.3. The number of ether oxygens (including phenoxy) is 7. The van der Waals surface area contributed by atoms with Gasteiger partial charge in [-0.1, -0.05) is 48.5 Å². The third-order valence-corrected chi connectivity index (χ3v) is 9.43. The predicted molar refractivity (Wildman–Crippen MR) is 191 cm³/mol. The van der Waals surface area contributed by atoms with Crippen molar-refractivity contribution in [3.63, 3.8) is 0 Å². The lowest BCUT2D eigenvalue weighted by Gasteiger charge is -2.44. The summed E-state index contributed by atoms with van der Waals surface area (Å²) in [5.74, 6) is -3.33. The molecule has 1 fully saturated rings. The summed E-state index contributed by atoms with van der Waals surface area (Å²) in [6.45, 7) is 9.51. The SMILES string of the molecule is CC(=O)OC[C@H]1O[C@@H](SCCC[C@H](NC(=O)OCC2c3ccccc3-c3ccccc32)C(=O)OC(C)(C)C)[C@H](OC(C)=O)[C@@H](OC(C)=O)[C@@H]1OC(C)=O. The van der Waals surface area contributed by atoms with Gasteiger partial charge >= 0.3 is 35.9 Å². The van der Waals surface area contributed by atoms with Crippen molar-refractivity contribution >= 4 is 47.7 Å². The van der Waals surface area contributed by atoms with E-state index in [2.05, 4.69) is 5.32 Å². The fraction of sp³-hybridized carbons (Fsp3) is 0.526. The number of hydrogen-bond donors (Lipinski definition) is 1. The Morgan fingerprint density at radius 3 is 1.83 bits per heavy atom. The summed E-state index contributed by atoms with van der Waals surface area (Å²) in [5, 5.41) is 2.67. The van der Waals surface area contributed by atoms with Gasteiger partial charge in [0.2, 0.25) is 0 Å². The summed E-state index contributed by atoms with van der Waals surface area (Å²) in [6.07, 6.45) is -5.19. The number of fused-ring (bicyclic) bond motifs is 3. The summed E-state index contributed by atoms with van der Waals surface area (Å²) in [7, 11) is 0. The summed E-state index contributed by atoms with van der Waals surface area (Å²) < 4.78 is 39.0. The van der Waals surface area contributed by atoms with Gasteiger partial charge in [-0.2, -0.15) is 0 Å². The summed E-state index contributed by atoms with van der Waals surface area (Å²) in [4.78, 5) is 74.4. The standard InChI is InChI=1S/C38H47NO13S/c1-21(40)46-20-31-32(48-22(2)41)33(49-23(3)42)34(50-24(4)43)36(51-31)53-18-12-17-30(35(44)52-38(5,6)7)39-37(45)47-19-29-27-15-10-8-13-25(27)26-14-9-11-16-28(26)29/h8-11,13-16,29-34,36H,12,17-20H2,1-7H3,(H,39,45)/t30-,31+,32+,33-,34+,36-/m0/s1. The zero-order chi connectivity index (χ0) is 38.9. The maximum absolute atomic E-state index is 13.3. The highest BCUT2D eigenvalue weighted by atomic mass is 32.2. The molecule has 15 heteroatoms. The number of amides is 1. The van der Waals surface area contributed by atoms with Crippen molar-refractivity contribution in [2.45, 2.75) is 109 Å². The number of alkyl carbamates (subject to hydrolysis) is 1. The van der Waals surface area contributed by atoms with Gasteiger partial charge in [0.25, 0.3) is 0 Å². The second-order valence-electron chi connectivity index (χ2n) is 13.6. The van der Waals surface area contributed by atoms with E-state index in [4.69, 9.17) is 33.2 Å². The van der Waals surface area contributed by atoms with E-state index in [-0.39, 0.29) is 25.6 Å². The quantitative estimate of drug-likeness (QED) is 0.157. The van der Waals surface area contributed by atoms with E-state index in [1.165, 1.54) is 25.6 Å². The van der Waals surface area contributed by atoms with Gasteiger partial charge in [-0.3, -0.25) is 19.2 Å². The van der Waals surface area contributed by atoms with E-state index >= 15 is 0 Å². The average molecular weight is 758 g/mol. The zero-order valence-electron chi connectivity index (χ0n) is 30.9. The normalized spacial score (nSPS) is 21.2. The van der Waals surface area contributed by atoms with Crippen LogP contribution in [0.1, 0.15) is 78.4 Å². The van der Waals surface area contributed by atoms with Gasteiger partial charge in [0, 0.05) is 33.6 Å². The number of benzene rings is 2. The molecule has 2 aliphatic rings. The fourth-order valence-electron chi connectivity index (χ4n) is 6.21. The van der Waals surface area contributed by atoms with Crippen molar-refractivity contribution in [3.05, 3.63) is 59.7 Å². The molecule has 4 rings (SSSR count). The molecule has 0 aromatic heterocycles. The van der Waals surface area contributed by atoms with Crippen LogP contribution in [0.25, 0.3) is 11.1 Å². The summed E-state index contributed by atoms with van der Waals surface area (Å²) in [6, 6.07) is 14.8. The van der Waals surface area contributed by atoms with Crippen LogP contribution >= 0.6 is 11.8 Å². The van der Waals surface area contributed by atoms with Crippen LogP contribution in [0.3, 0.4) is 0 Å². The molecular weight excluding hydrogens is 710 g/mol. The Kier molecular flexibility index (Phi) is 14.3. The van der Waals surface area contributed by atoms with Crippen molar-refractivity contribution in [1.29, 1.82) is 0 Å². The smallest absolute Gasteiger partial charge is 0.407 e. The Morgan fingerprint density at radius 1 is 0.736 bits per heavy atom. The highest BCUT2D eigenvalue weighted by molar-refractivity contribution is 7.99. The highest BCUT2D eigenvalue weighted by Crippen LogP contribution is 2.44. The number of esters is 5. The number of rotatable bonds is 14. The van der Waals surface area contributed by atoms with Gasteiger partial charge in [-0.25, -0.2) is 9.59 Å². The van der Waals surface area contributed by atoms with Crippen LogP contribution < -0.4 is 5.32 Å². The Balaban J connectivity index is 1.45. The molecule has 0 spiro atoms. The molecule has 2 aromatic rings. The Bertz CT molecular complexity index is 1610. The first-order valence-electron chi connectivity index (χ1n) is 17.3. The van der Waals surface area contributed by atoms with Crippen LogP contribution in [0.5, 0.6) is 0 Å². The molecule has 1 heterocycles.